The van der Waals surface area contributed by atoms with E-state index >= 15 is 0 Å². The number of carbonyl (C=O) groups is 1. The quantitative estimate of drug-likeness (QED) is 0.648. The highest BCUT2D eigenvalue weighted by Gasteiger charge is 2.09. The number of hydrogen-bond acceptors (Lipinski definition) is 4. The lowest BCUT2D eigenvalue weighted by molar-refractivity contribution is 0.0950. The van der Waals surface area contributed by atoms with Crippen LogP contribution in [0.25, 0.3) is 0 Å². The zero-order valence-corrected chi connectivity index (χ0v) is 15.9. The molecule has 0 bridgehead atoms. The van der Waals surface area contributed by atoms with Crippen molar-refractivity contribution in [3.63, 3.8) is 0 Å². The SMILES string of the molecule is COc1ccccc1CNC(=O)c1cncc(Nc2ccc(Cl)cc2C)c1. The highest BCUT2D eigenvalue weighted by atomic mass is 35.5. The fraction of sp³-hybridized carbons (Fsp3) is 0.143. The number of aryl methyl sites for hydroxylation is 1. The van der Waals surface area contributed by atoms with E-state index in [1.54, 1.807) is 19.4 Å². The number of rotatable bonds is 6. The number of benzene rings is 2. The second-order valence-corrected chi connectivity index (χ2v) is 6.48. The lowest BCUT2D eigenvalue weighted by atomic mass is 10.1. The van der Waals surface area contributed by atoms with Crippen LogP contribution in [0.4, 0.5) is 11.4 Å². The molecule has 0 aliphatic heterocycles. The minimum atomic E-state index is -0.204. The summed E-state index contributed by atoms with van der Waals surface area (Å²) in [5.74, 6) is 0.537. The molecule has 0 aliphatic carbocycles. The van der Waals surface area contributed by atoms with Gasteiger partial charge in [0.05, 0.1) is 24.6 Å². The molecule has 138 valence electrons. The Bertz CT molecular complexity index is 960. The molecule has 2 aromatic carbocycles. The summed E-state index contributed by atoms with van der Waals surface area (Å²) in [6.07, 6.45) is 3.21. The van der Waals surface area contributed by atoms with Gasteiger partial charge in [-0.15, -0.1) is 0 Å². The Labute approximate surface area is 163 Å². The average Bonchev–Trinajstić information content (AvgIpc) is 2.68. The van der Waals surface area contributed by atoms with Gasteiger partial charge in [-0.25, -0.2) is 0 Å². The van der Waals surface area contributed by atoms with E-state index in [0.29, 0.717) is 17.1 Å². The van der Waals surface area contributed by atoms with Crippen molar-refractivity contribution >= 4 is 28.9 Å². The molecule has 0 fully saturated rings. The number of nitrogens with zero attached hydrogens (tertiary/aromatic N) is 1. The van der Waals surface area contributed by atoms with Crippen molar-refractivity contribution in [2.75, 3.05) is 12.4 Å². The van der Waals surface area contributed by atoms with Gasteiger partial charge in [-0.3, -0.25) is 9.78 Å². The normalized spacial score (nSPS) is 10.3. The van der Waals surface area contributed by atoms with E-state index in [1.165, 1.54) is 6.20 Å². The van der Waals surface area contributed by atoms with Crippen LogP contribution in [0.5, 0.6) is 5.75 Å². The van der Waals surface area contributed by atoms with E-state index in [9.17, 15) is 4.79 Å². The smallest absolute Gasteiger partial charge is 0.253 e. The fourth-order valence-corrected chi connectivity index (χ4v) is 2.91. The van der Waals surface area contributed by atoms with E-state index in [4.69, 9.17) is 16.3 Å². The fourth-order valence-electron chi connectivity index (χ4n) is 2.68. The number of methoxy groups -OCH3 is 1. The zero-order valence-electron chi connectivity index (χ0n) is 15.1. The number of halogens is 1. The first-order valence-corrected chi connectivity index (χ1v) is 8.83. The Hall–Kier alpha value is -3.05. The second kappa shape index (κ2) is 8.56. The number of carbonyl (C=O) groups excluding carboxylic acids is 1. The molecule has 0 unspecified atom stereocenters. The second-order valence-electron chi connectivity index (χ2n) is 6.04. The third-order valence-corrected chi connectivity index (χ3v) is 4.33. The Morgan fingerprint density at radius 3 is 2.74 bits per heavy atom. The first-order chi connectivity index (χ1) is 13.1. The molecule has 1 heterocycles. The van der Waals surface area contributed by atoms with Gasteiger partial charge in [0.25, 0.3) is 5.91 Å². The van der Waals surface area contributed by atoms with Crippen molar-refractivity contribution in [1.29, 1.82) is 0 Å². The molecule has 1 aromatic heterocycles. The van der Waals surface area contributed by atoms with Crippen LogP contribution in [-0.2, 0) is 6.54 Å². The van der Waals surface area contributed by atoms with Gasteiger partial charge in [0.15, 0.2) is 0 Å². The molecular weight excluding hydrogens is 362 g/mol. The third-order valence-electron chi connectivity index (χ3n) is 4.10. The summed E-state index contributed by atoms with van der Waals surface area (Å²) in [6.45, 7) is 2.34. The Morgan fingerprint density at radius 1 is 1.15 bits per heavy atom. The number of hydrogen-bond donors (Lipinski definition) is 2. The minimum Gasteiger partial charge on any atom is -0.496 e. The van der Waals surface area contributed by atoms with Gasteiger partial charge < -0.3 is 15.4 Å². The van der Waals surface area contributed by atoms with Crippen LogP contribution in [0.15, 0.2) is 60.9 Å². The summed E-state index contributed by atoms with van der Waals surface area (Å²) in [4.78, 5) is 16.7. The van der Waals surface area contributed by atoms with Crippen molar-refractivity contribution in [2.24, 2.45) is 0 Å². The zero-order chi connectivity index (χ0) is 19.2. The van der Waals surface area contributed by atoms with Crippen LogP contribution in [0.3, 0.4) is 0 Å². The summed E-state index contributed by atoms with van der Waals surface area (Å²) >= 11 is 5.99. The van der Waals surface area contributed by atoms with E-state index in [2.05, 4.69) is 15.6 Å². The monoisotopic (exact) mass is 381 g/mol. The maximum Gasteiger partial charge on any atom is 0.253 e. The highest BCUT2D eigenvalue weighted by Crippen LogP contribution is 2.23. The van der Waals surface area contributed by atoms with Gasteiger partial charge in [-0.05, 0) is 42.8 Å². The van der Waals surface area contributed by atoms with Crippen molar-refractivity contribution in [3.05, 3.63) is 82.6 Å². The molecule has 3 rings (SSSR count). The number of nitrogens with one attached hydrogen (secondary N) is 2. The van der Waals surface area contributed by atoms with Crippen LogP contribution in [0.2, 0.25) is 5.02 Å². The standard InChI is InChI=1S/C21H20ClN3O2/c1-14-9-17(22)7-8-19(14)25-18-10-16(11-23-13-18)21(26)24-12-15-5-3-4-6-20(15)27-2/h3-11,13,25H,12H2,1-2H3,(H,24,26). The van der Waals surface area contributed by atoms with Crippen LogP contribution >= 0.6 is 11.6 Å². The number of para-hydroxylation sites is 1. The molecular formula is C21H20ClN3O2. The number of aromatic nitrogens is 1. The summed E-state index contributed by atoms with van der Waals surface area (Å²) in [6, 6.07) is 14.9. The largest absolute Gasteiger partial charge is 0.496 e. The topological polar surface area (TPSA) is 63.2 Å². The predicted molar refractivity (Wildman–Crippen MR) is 108 cm³/mol. The molecule has 0 aliphatic rings. The maximum absolute atomic E-state index is 12.5. The Morgan fingerprint density at radius 2 is 1.96 bits per heavy atom. The number of anilines is 2. The van der Waals surface area contributed by atoms with Crippen LogP contribution < -0.4 is 15.4 Å². The van der Waals surface area contributed by atoms with Crippen molar-refractivity contribution in [3.8, 4) is 5.75 Å². The molecule has 0 saturated heterocycles. The van der Waals surface area contributed by atoms with Crippen molar-refractivity contribution < 1.29 is 9.53 Å². The van der Waals surface area contributed by atoms with Crippen LogP contribution in [-0.4, -0.2) is 18.0 Å². The van der Waals surface area contributed by atoms with Crippen molar-refractivity contribution in [2.45, 2.75) is 13.5 Å². The first kappa shape index (κ1) is 18.7. The van der Waals surface area contributed by atoms with Gasteiger partial charge >= 0.3 is 0 Å². The van der Waals surface area contributed by atoms with Gasteiger partial charge in [0.1, 0.15) is 5.75 Å². The van der Waals surface area contributed by atoms with E-state index in [0.717, 1.165) is 28.3 Å². The molecule has 3 aromatic rings. The number of pyridine rings is 1. The molecule has 0 radical (unpaired) electrons. The lowest BCUT2D eigenvalue weighted by Crippen LogP contribution is -2.23. The molecule has 5 nitrogen and oxygen atoms in total. The highest BCUT2D eigenvalue weighted by molar-refractivity contribution is 6.30. The average molecular weight is 382 g/mol. The molecule has 1 amide bonds. The number of ether oxygens (including phenoxy) is 1. The minimum absolute atomic E-state index is 0.204. The lowest BCUT2D eigenvalue weighted by Gasteiger charge is -2.12. The molecule has 0 atom stereocenters. The van der Waals surface area contributed by atoms with E-state index < -0.39 is 0 Å². The van der Waals surface area contributed by atoms with Gasteiger partial charge in [-0.1, -0.05) is 29.8 Å². The summed E-state index contributed by atoms with van der Waals surface area (Å²) in [5.41, 5.74) is 4.03. The summed E-state index contributed by atoms with van der Waals surface area (Å²) in [5, 5.41) is 6.84. The maximum atomic E-state index is 12.5. The van der Waals surface area contributed by atoms with E-state index in [1.807, 2.05) is 49.4 Å². The van der Waals surface area contributed by atoms with Gasteiger partial charge in [-0.2, -0.15) is 0 Å². The molecule has 0 spiro atoms. The summed E-state index contributed by atoms with van der Waals surface area (Å²) in [7, 11) is 1.61. The molecule has 27 heavy (non-hydrogen) atoms. The number of amides is 1. The van der Waals surface area contributed by atoms with Crippen LogP contribution in [0.1, 0.15) is 21.5 Å². The summed E-state index contributed by atoms with van der Waals surface area (Å²) < 4.78 is 5.31. The van der Waals surface area contributed by atoms with Crippen LogP contribution in [0, 0.1) is 6.92 Å². The predicted octanol–water partition coefficient (Wildman–Crippen LogP) is 4.73. The van der Waals surface area contributed by atoms with Gasteiger partial charge in [0.2, 0.25) is 0 Å². The first-order valence-electron chi connectivity index (χ1n) is 8.45. The molecule has 0 saturated carbocycles. The van der Waals surface area contributed by atoms with Gasteiger partial charge in [0, 0.05) is 29.0 Å². The molecule has 6 heteroatoms. The Kier molecular flexibility index (Phi) is 5.94. The van der Waals surface area contributed by atoms with Crippen molar-refractivity contribution in [1.82, 2.24) is 10.3 Å². The van der Waals surface area contributed by atoms with E-state index in [-0.39, 0.29) is 5.91 Å². The Balaban J connectivity index is 1.70. The third kappa shape index (κ3) is 4.77. The molecule has 2 N–H and O–H groups in total.